The Balaban J connectivity index is 2.00. The van der Waals surface area contributed by atoms with Crippen LogP contribution in [0.2, 0.25) is 5.02 Å². The summed E-state index contributed by atoms with van der Waals surface area (Å²) in [5.41, 5.74) is 1.78. The summed E-state index contributed by atoms with van der Waals surface area (Å²) < 4.78 is 5.26. The fourth-order valence-electron chi connectivity index (χ4n) is 2.56. The molecule has 0 aromatic heterocycles. The first kappa shape index (κ1) is 18.3. The second-order valence-electron chi connectivity index (χ2n) is 5.59. The highest BCUT2D eigenvalue weighted by molar-refractivity contribution is 6.30. The maximum atomic E-state index is 12.4. The molecule has 0 saturated carbocycles. The number of nitrogens with one attached hydrogen (secondary N) is 1. The molecule has 1 N–H and O–H groups in total. The maximum Gasteiger partial charge on any atom is 0.238 e. The maximum absolute atomic E-state index is 12.4. The van der Waals surface area contributed by atoms with Gasteiger partial charge >= 0.3 is 0 Å². The number of para-hydroxylation sites is 2. The monoisotopic (exact) mass is 346 g/mol. The molecule has 0 radical (unpaired) electrons. The van der Waals surface area contributed by atoms with Gasteiger partial charge in [-0.25, -0.2) is 0 Å². The average molecular weight is 347 g/mol. The summed E-state index contributed by atoms with van der Waals surface area (Å²) in [6.45, 7) is 3.95. The number of benzene rings is 2. The molecule has 5 heteroatoms. The van der Waals surface area contributed by atoms with Crippen LogP contribution in [0.5, 0.6) is 5.75 Å². The van der Waals surface area contributed by atoms with Gasteiger partial charge in [-0.15, -0.1) is 0 Å². The molecule has 0 heterocycles. The number of amides is 1. The number of carbonyl (C=O) groups is 1. The Morgan fingerprint density at radius 1 is 1.21 bits per heavy atom. The van der Waals surface area contributed by atoms with Crippen LogP contribution in [-0.4, -0.2) is 31.0 Å². The summed E-state index contributed by atoms with van der Waals surface area (Å²) in [5, 5.41) is 3.63. The third-order valence-electron chi connectivity index (χ3n) is 3.58. The third kappa shape index (κ3) is 5.55. The molecule has 0 atom stereocenters. The van der Waals surface area contributed by atoms with Crippen molar-refractivity contribution >= 4 is 23.2 Å². The summed E-state index contributed by atoms with van der Waals surface area (Å²) in [4.78, 5) is 14.5. The normalized spacial score (nSPS) is 10.7. The summed E-state index contributed by atoms with van der Waals surface area (Å²) >= 11 is 6.04. The Kier molecular flexibility index (Phi) is 7.09. The van der Waals surface area contributed by atoms with Crippen LogP contribution in [0.4, 0.5) is 5.69 Å². The second kappa shape index (κ2) is 9.30. The molecule has 0 aliphatic heterocycles. The van der Waals surface area contributed by atoms with Crippen LogP contribution >= 0.6 is 11.6 Å². The molecule has 2 aromatic rings. The molecule has 0 spiro atoms. The minimum atomic E-state index is -0.0602. The second-order valence-corrected chi connectivity index (χ2v) is 6.03. The predicted octanol–water partition coefficient (Wildman–Crippen LogP) is 4.20. The molecular formula is C19H23ClN2O2. The fourth-order valence-corrected chi connectivity index (χ4v) is 2.78. The summed E-state index contributed by atoms with van der Waals surface area (Å²) in [6, 6.07) is 15.1. The van der Waals surface area contributed by atoms with Crippen molar-refractivity contribution in [2.75, 3.05) is 25.5 Å². The van der Waals surface area contributed by atoms with E-state index >= 15 is 0 Å². The lowest BCUT2D eigenvalue weighted by Crippen LogP contribution is -2.33. The number of anilines is 1. The topological polar surface area (TPSA) is 41.6 Å². The lowest BCUT2D eigenvalue weighted by molar-refractivity contribution is -0.117. The van der Waals surface area contributed by atoms with E-state index in [4.69, 9.17) is 16.3 Å². The van der Waals surface area contributed by atoms with Gasteiger partial charge in [0, 0.05) is 11.6 Å². The molecule has 4 nitrogen and oxygen atoms in total. The number of carbonyl (C=O) groups excluding carboxylic acids is 1. The molecule has 1 amide bonds. The Labute approximate surface area is 148 Å². The predicted molar refractivity (Wildman–Crippen MR) is 98.6 cm³/mol. The van der Waals surface area contributed by atoms with Crippen molar-refractivity contribution in [1.82, 2.24) is 4.90 Å². The van der Waals surface area contributed by atoms with E-state index in [1.54, 1.807) is 7.11 Å². The molecule has 0 unspecified atom stereocenters. The van der Waals surface area contributed by atoms with Crippen LogP contribution in [0.15, 0.2) is 48.5 Å². The highest BCUT2D eigenvalue weighted by Crippen LogP contribution is 2.23. The molecule has 24 heavy (non-hydrogen) atoms. The van der Waals surface area contributed by atoms with Gasteiger partial charge in [0.25, 0.3) is 0 Å². The van der Waals surface area contributed by atoms with Crippen LogP contribution in [0, 0.1) is 0 Å². The van der Waals surface area contributed by atoms with Crippen molar-refractivity contribution in [3.05, 3.63) is 59.1 Å². The number of hydrogen-bond donors (Lipinski definition) is 1. The smallest absolute Gasteiger partial charge is 0.238 e. The third-order valence-corrected chi connectivity index (χ3v) is 3.82. The van der Waals surface area contributed by atoms with Crippen molar-refractivity contribution in [2.24, 2.45) is 0 Å². The Hall–Kier alpha value is -2.04. The van der Waals surface area contributed by atoms with E-state index in [0.717, 1.165) is 18.5 Å². The number of ether oxygens (including phenoxy) is 1. The number of rotatable bonds is 8. The number of hydrogen-bond acceptors (Lipinski definition) is 3. The molecule has 0 saturated heterocycles. The largest absolute Gasteiger partial charge is 0.495 e. The average Bonchev–Trinajstić information content (AvgIpc) is 2.55. The highest BCUT2D eigenvalue weighted by atomic mass is 35.5. The zero-order valence-corrected chi connectivity index (χ0v) is 14.8. The standard InChI is InChI=1S/C19H23ClN2O2/c1-3-11-22(13-15-7-6-8-16(20)12-15)14-19(23)21-17-9-4-5-10-18(17)24-2/h4-10,12H,3,11,13-14H2,1-2H3,(H,21,23). The van der Waals surface area contributed by atoms with Gasteiger partial charge in [0.1, 0.15) is 5.75 Å². The van der Waals surface area contributed by atoms with Gasteiger partial charge in [0.15, 0.2) is 0 Å². The molecule has 2 rings (SSSR count). The molecule has 0 aliphatic carbocycles. The quantitative estimate of drug-likeness (QED) is 0.778. The molecule has 0 bridgehead atoms. The molecule has 0 fully saturated rings. The Morgan fingerprint density at radius 2 is 2.00 bits per heavy atom. The van der Waals surface area contributed by atoms with E-state index in [1.165, 1.54) is 0 Å². The van der Waals surface area contributed by atoms with Gasteiger partial charge < -0.3 is 10.1 Å². The van der Waals surface area contributed by atoms with Gasteiger partial charge in [-0.2, -0.15) is 0 Å². The Bertz CT molecular complexity index is 676. The first-order valence-corrected chi connectivity index (χ1v) is 8.40. The van der Waals surface area contributed by atoms with Crippen molar-refractivity contribution < 1.29 is 9.53 Å². The summed E-state index contributed by atoms with van der Waals surface area (Å²) in [6.07, 6.45) is 0.975. The van der Waals surface area contributed by atoms with E-state index in [0.29, 0.717) is 29.5 Å². The van der Waals surface area contributed by atoms with Crippen LogP contribution in [-0.2, 0) is 11.3 Å². The van der Waals surface area contributed by atoms with E-state index in [9.17, 15) is 4.79 Å². The van der Waals surface area contributed by atoms with E-state index in [1.807, 2.05) is 48.5 Å². The molecular weight excluding hydrogens is 324 g/mol. The van der Waals surface area contributed by atoms with Crippen molar-refractivity contribution in [1.29, 1.82) is 0 Å². The SMILES string of the molecule is CCCN(CC(=O)Nc1ccccc1OC)Cc1cccc(Cl)c1. The zero-order chi connectivity index (χ0) is 17.4. The number of nitrogens with zero attached hydrogens (tertiary/aromatic N) is 1. The Morgan fingerprint density at radius 3 is 2.71 bits per heavy atom. The minimum absolute atomic E-state index is 0.0602. The van der Waals surface area contributed by atoms with Gasteiger partial charge in [0.2, 0.25) is 5.91 Å². The van der Waals surface area contributed by atoms with E-state index in [2.05, 4.69) is 17.1 Å². The van der Waals surface area contributed by atoms with E-state index < -0.39 is 0 Å². The molecule has 2 aromatic carbocycles. The number of methoxy groups -OCH3 is 1. The zero-order valence-electron chi connectivity index (χ0n) is 14.1. The lowest BCUT2D eigenvalue weighted by Gasteiger charge is -2.21. The van der Waals surface area contributed by atoms with Crippen molar-refractivity contribution in [2.45, 2.75) is 19.9 Å². The van der Waals surface area contributed by atoms with Crippen LogP contribution in [0.3, 0.4) is 0 Å². The van der Waals surface area contributed by atoms with E-state index in [-0.39, 0.29) is 5.91 Å². The van der Waals surface area contributed by atoms with Crippen LogP contribution in [0.1, 0.15) is 18.9 Å². The highest BCUT2D eigenvalue weighted by Gasteiger charge is 2.13. The summed E-state index contributed by atoms with van der Waals surface area (Å²) in [7, 11) is 1.59. The van der Waals surface area contributed by atoms with Crippen LogP contribution < -0.4 is 10.1 Å². The van der Waals surface area contributed by atoms with Gasteiger partial charge in [-0.05, 0) is 42.8 Å². The number of halogens is 1. The molecule has 128 valence electrons. The van der Waals surface area contributed by atoms with Crippen LogP contribution in [0.25, 0.3) is 0 Å². The summed E-state index contributed by atoms with van der Waals surface area (Å²) in [5.74, 6) is 0.595. The van der Waals surface area contributed by atoms with Crippen molar-refractivity contribution in [3.63, 3.8) is 0 Å². The van der Waals surface area contributed by atoms with Gasteiger partial charge in [-0.1, -0.05) is 42.8 Å². The first-order valence-electron chi connectivity index (χ1n) is 8.02. The fraction of sp³-hybridized carbons (Fsp3) is 0.316. The molecule has 0 aliphatic rings. The lowest BCUT2D eigenvalue weighted by atomic mass is 10.2. The van der Waals surface area contributed by atoms with Gasteiger partial charge in [0.05, 0.1) is 19.3 Å². The van der Waals surface area contributed by atoms with Crippen molar-refractivity contribution in [3.8, 4) is 5.75 Å². The first-order chi connectivity index (χ1) is 11.6. The van der Waals surface area contributed by atoms with Gasteiger partial charge in [-0.3, -0.25) is 9.69 Å². The minimum Gasteiger partial charge on any atom is -0.495 e.